The van der Waals surface area contributed by atoms with Crippen LogP contribution in [0.4, 0.5) is 0 Å². The van der Waals surface area contributed by atoms with E-state index in [0.29, 0.717) is 11.6 Å². The normalized spacial score (nSPS) is 10.4. The van der Waals surface area contributed by atoms with Gasteiger partial charge >= 0.3 is 0 Å². The van der Waals surface area contributed by atoms with Gasteiger partial charge in [-0.2, -0.15) is 0 Å². The number of rotatable bonds is 3. The fourth-order valence-electron chi connectivity index (χ4n) is 1.45. The maximum absolute atomic E-state index is 5.64. The molecule has 0 aliphatic heterocycles. The van der Waals surface area contributed by atoms with Crippen molar-refractivity contribution in [3.63, 3.8) is 0 Å². The highest BCUT2D eigenvalue weighted by Crippen LogP contribution is 2.24. The van der Waals surface area contributed by atoms with Crippen LogP contribution in [0, 0.1) is 0 Å². The zero-order chi connectivity index (χ0) is 11.5. The van der Waals surface area contributed by atoms with Crippen molar-refractivity contribution in [3.8, 4) is 5.75 Å². The molecule has 0 amide bonds. The highest BCUT2D eigenvalue weighted by molar-refractivity contribution is 9.10. The van der Waals surface area contributed by atoms with Crippen LogP contribution < -0.4 is 4.74 Å². The molecule has 82 valence electrons. The van der Waals surface area contributed by atoms with Gasteiger partial charge in [-0.15, -0.1) is 0 Å². The summed E-state index contributed by atoms with van der Waals surface area (Å²) in [5, 5.41) is 2.81. The number of ether oxygens (including phenoxy) is 1. The Morgan fingerprint density at radius 3 is 2.62 bits per heavy atom. The van der Waals surface area contributed by atoms with E-state index >= 15 is 0 Å². The Hall–Kier alpha value is -0.990. The minimum absolute atomic E-state index is 0.337. The lowest BCUT2D eigenvalue weighted by Crippen LogP contribution is -1.95. The SMILES string of the molecule is C=C(Cl)COc1ccc2cc(Br)ccc2c1. The summed E-state index contributed by atoms with van der Waals surface area (Å²) < 4.78 is 6.53. The molecule has 0 atom stereocenters. The van der Waals surface area contributed by atoms with Gasteiger partial charge < -0.3 is 4.74 Å². The lowest BCUT2D eigenvalue weighted by atomic mass is 10.1. The third kappa shape index (κ3) is 2.77. The molecular formula is C13H10BrClO. The van der Waals surface area contributed by atoms with Crippen LogP contribution in [0.15, 0.2) is 52.5 Å². The molecule has 0 heterocycles. The van der Waals surface area contributed by atoms with Crippen LogP contribution in [-0.4, -0.2) is 6.61 Å². The summed E-state index contributed by atoms with van der Waals surface area (Å²) in [6, 6.07) is 12.1. The number of benzene rings is 2. The van der Waals surface area contributed by atoms with E-state index in [0.717, 1.165) is 15.6 Å². The van der Waals surface area contributed by atoms with E-state index in [1.807, 2.05) is 30.3 Å². The number of hydrogen-bond donors (Lipinski definition) is 0. The molecule has 0 saturated heterocycles. The van der Waals surface area contributed by atoms with Gasteiger partial charge in [0.15, 0.2) is 0 Å². The maximum atomic E-state index is 5.64. The molecule has 1 nitrogen and oxygen atoms in total. The van der Waals surface area contributed by atoms with E-state index in [1.165, 1.54) is 5.39 Å². The van der Waals surface area contributed by atoms with Crippen molar-refractivity contribution >= 4 is 38.3 Å². The summed E-state index contributed by atoms with van der Waals surface area (Å²) in [6.45, 7) is 3.92. The average Bonchev–Trinajstić information content (AvgIpc) is 2.26. The summed E-state index contributed by atoms with van der Waals surface area (Å²) in [6.07, 6.45) is 0. The maximum Gasteiger partial charge on any atom is 0.123 e. The Kier molecular flexibility index (Phi) is 3.52. The van der Waals surface area contributed by atoms with Crippen LogP contribution in [0.25, 0.3) is 10.8 Å². The monoisotopic (exact) mass is 296 g/mol. The largest absolute Gasteiger partial charge is 0.488 e. The Morgan fingerprint density at radius 1 is 1.19 bits per heavy atom. The second-order valence-corrected chi connectivity index (χ2v) is 4.91. The third-order valence-electron chi connectivity index (χ3n) is 2.17. The highest BCUT2D eigenvalue weighted by Gasteiger charge is 1.98. The zero-order valence-corrected chi connectivity index (χ0v) is 10.9. The van der Waals surface area contributed by atoms with Gasteiger partial charge in [-0.3, -0.25) is 0 Å². The molecule has 0 saturated carbocycles. The molecule has 0 fully saturated rings. The van der Waals surface area contributed by atoms with Gasteiger partial charge in [-0.25, -0.2) is 0 Å². The van der Waals surface area contributed by atoms with E-state index in [-0.39, 0.29) is 0 Å². The minimum Gasteiger partial charge on any atom is -0.488 e. The molecule has 0 unspecified atom stereocenters. The Morgan fingerprint density at radius 2 is 1.88 bits per heavy atom. The van der Waals surface area contributed by atoms with Crippen molar-refractivity contribution in [2.75, 3.05) is 6.61 Å². The number of fused-ring (bicyclic) bond motifs is 1. The van der Waals surface area contributed by atoms with Crippen LogP contribution in [0.2, 0.25) is 0 Å². The quantitative estimate of drug-likeness (QED) is 0.795. The van der Waals surface area contributed by atoms with E-state index in [4.69, 9.17) is 16.3 Å². The van der Waals surface area contributed by atoms with Gasteiger partial charge in [0.2, 0.25) is 0 Å². The highest BCUT2D eigenvalue weighted by atomic mass is 79.9. The Balaban J connectivity index is 2.30. The standard InChI is InChI=1S/C13H10BrClO/c1-9(15)8-16-13-5-3-10-6-12(14)4-2-11(10)7-13/h2-7H,1,8H2. The predicted molar refractivity (Wildman–Crippen MR) is 72.1 cm³/mol. The van der Waals surface area contributed by atoms with E-state index < -0.39 is 0 Å². The third-order valence-corrected chi connectivity index (χ3v) is 2.77. The topological polar surface area (TPSA) is 9.23 Å². The van der Waals surface area contributed by atoms with Crippen molar-refractivity contribution in [1.29, 1.82) is 0 Å². The molecule has 16 heavy (non-hydrogen) atoms. The zero-order valence-electron chi connectivity index (χ0n) is 8.54. The molecule has 0 spiro atoms. The van der Waals surface area contributed by atoms with Gasteiger partial charge in [-0.1, -0.05) is 46.2 Å². The second kappa shape index (κ2) is 4.89. The molecule has 0 bridgehead atoms. The van der Waals surface area contributed by atoms with E-state index in [2.05, 4.69) is 28.6 Å². The molecule has 0 radical (unpaired) electrons. The molecule has 0 aliphatic rings. The van der Waals surface area contributed by atoms with Crippen molar-refractivity contribution in [2.24, 2.45) is 0 Å². The van der Waals surface area contributed by atoms with Crippen molar-refractivity contribution in [1.82, 2.24) is 0 Å². The van der Waals surface area contributed by atoms with Gasteiger partial charge in [0.05, 0.1) is 0 Å². The molecule has 2 rings (SSSR count). The smallest absolute Gasteiger partial charge is 0.123 e. The molecule has 0 aliphatic carbocycles. The van der Waals surface area contributed by atoms with Gasteiger partial charge in [0, 0.05) is 9.51 Å². The minimum atomic E-state index is 0.337. The Bertz CT molecular complexity index is 536. The summed E-state index contributed by atoms with van der Waals surface area (Å²) in [5.74, 6) is 0.802. The van der Waals surface area contributed by atoms with Gasteiger partial charge in [0.1, 0.15) is 12.4 Å². The lowest BCUT2D eigenvalue weighted by Gasteiger charge is -2.06. The van der Waals surface area contributed by atoms with Gasteiger partial charge in [0.25, 0.3) is 0 Å². The summed E-state index contributed by atoms with van der Waals surface area (Å²) in [7, 11) is 0. The first-order valence-corrected chi connectivity index (χ1v) is 5.97. The average molecular weight is 298 g/mol. The molecular weight excluding hydrogens is 287 g/mol. The molecule has 0 N–H and O–H groups in total. The summed E-state index contributed by atoms with van der Waals surface area (Å²) in [5.41, 5.74) is 0. The van der Waals surface area contributed by atoms with Crippen LogP contribution in [0.5, 0.6) is 5.75 Å². The summed E-state index contributed by atoms with van der Waals surface area (Å²) >= 11 is 9.08. The van der Waals surface area contributed by atoms with Crippen molar-refractivity contribution in [2.45, 2.75) is 0 Å². The van der Waals surface area contributed by atoms with E-state index in [9.17, 15) is 0 Å². The molecule has 2 aromatic rings. The first-order valence-electron chi connectivity index (χ1n) is 4.80. The van der Waals surface area contributed by atoms with Crippen LogP contribution in [0.1, 0.15) is 0 Å². The Labute approximate surface area is 108 Å². The first-order chi connectivity index (χ1) is 7.65. The fraction of sp³-hybridized carbons (Fsp3) is 0.0769. The number of hydrogen-bond acceptors (Lipinski definition) is 1. The van der Waals surface area contributed by atoms with Gasteiger partial charge in [-0.05, 0) is 35.0 Å². The van der Waals surface area contributed by atoms with Crippen LogP contribution in [-0.2, 0) is 0 Å². The molecule has 3 heteroatoms. The van der Waals surface area contributed by atoms with Crippen molar-refractivity contribution < 1.29 is 4.74 Å². The second-order valence-electron chi connectivity index (χ2n) is 3.46. The van der Waals surface area contributed by atoms with Crippen LogP contribution >= 0.6 is 27.5 Å². The van der Waals surface area contributed by atoms with E-state index in [1.54, 1.807) is 0 Å². The summed E-state index contributed by atoms with van der Waals surface area (Å²) in [4.78, 5) is 0. The van der Waals surface area contributed by atoms with Crippen LogP contribution in [0.3, 0.4) is 0 Å². The first kappa shape index (κ1) is 11.5. The lowest BCUT2D eigenvalue weighted by molar-refractivity contribution is 0.360. The fourth-order valence-corrected chi connectivity index (χ4v) is 1.88. The number of halogens is 2. The molecule has 0 aromatic heterocycles. The molecule has 2 aromatic carbocycles. The predicted octanol–water partition coefficient (Wildman–Crippen LogP) is 4.73. The van der Waals surface area contributed by atoms with Crippen molar-refractivity contribution in [3.05, 3.63) is 52.5 Å².